The summed E-state index contributed by atoms with van der Waals surface area (Å²) in [5, 5.41) is 24.1. The Morgan fingerprint density at radius 2 is 2.33 bits per heavy atom. The molecule has 0 spiro atoms. The van der Waals surface area contributed by atoms with Gasteiger partial charge in [0.05, 0.1) is 11.5 Å². The molecule has 1 aromatic heterocycles. The molecule has 1 N–H and O–H groups in total. The van der Waals surface area contributed by atoms with Crippen molar-refractivity contribution < 1.29 is 10.0 Å². The Balaban J connectivity index is 3.09. The molecule has 1 rings (SSSR count). The van der Waals surface area contributed by atoms with Gasteiger partial charge in [0.2, 0.25) is 0 Å². The van der Waals surface area contributed by atoms with Crippen LogP contribution in [0.2, 0.25) is 0 Å². The minimum Gasteiger partial charge on any atom is -0.395 e. The molecule has 84 valence electrons. The summed E-state index contributed by atoms with van der Waals surface area (Å²) in [6, 6.07) is 0. The van der Waals surface area contributed by atoms with Crippen molar-refractivity contribution in [2.45, 2.75) is 24.1 Å². The van der Waals surface area contributed by atoms with E-state index in [4.69, 9.17) is 5.11 Å². The molecule has 0 fully saturated rings. The van der Waals surface area contributed by atoms with Gasteiger partial charge >= 0.3 is 5.69 Å². The van der Waals surface area contributed by atoms with E-state index in [-0.39, 0.29) is 17.5 Å². The summed E-state index contributed by atoms with van der Waals surface area (Å²) < 4.78 is 1.48. The summed E-state index contributed by atoms with van der Waals surface area (Å²) >= 11 is 1.25. The van der Waals surface area contributed by atoms with Gasteiger partial charge in [0.25, 0.3) is 0 Å². The summed E-state index contributed by atoms with van der Waals surface area (Å²) in [7, 11) is 1.66. The van der Waals surface area contributed by atoms with E-state index < -0.39 is 4.92 Å². The quantitative estimate of drug-likeness (QED) is 0.477. The molecular weight excluding hydrogens is 218 g/mol. The molecule has 0 saturated carbocycles. The second kappa shape index (κ2) is 4.63. The molecule has 1 aromatic rings. The highest BCUT2D eigenvalue weighted by Crippen LogP contribution is 2.33. The van der Waals surface area contributed by atoms with Crippen LogP contribution in [0.25, 0.3) is 0 Å². The lowest BCUT2D eigenvalue weighted by molar-refractivity contribution is -0.388. The predicted molar refractivity (Wildman–Crippen MR) is 57.0 cm³/mol. The smallest absolute Gasteiger partial charge is 0.323 e. The van der Waals surface area contributed by atoms with E-state index in [0.29, 0.717) is 10.7 Å². The average molecular weight is 231 g/mol. The molecule has 7 heteroatoms. The number of rotatable bonds is 4. The van der Waals surface area contributed by atoms with Crippen LogP contribution in [0.4, 0.5) is 5.69 Å². The maximum Gasteiger partial charge on any atom is 0.323 e. The van der Waals surface area contributed by atoms with Gasteiger partial charge in [-0.1, -0.05) is 18.7 Å². The maximum atomic E-state index is 10.8. The van der Waals surface area contributed by atoms with Crippen molar-refractivity contribution in [3.63, 3.8) is 0 Å². The number of aliphatic hydroxyl groups excluding tert-OH is 1. The largest absolute Gasteiger partial charge is 0.395 e. The highest BCUT2D eigenvalue weighted by Gasteiger charge is 2.25. The molecule has 0 aromatic carbocycles. The summed E-state index contributed by atoms with van der Waals surface area (Å²) in [6.45, 7) is 3.38. The van der Waals surface area contributed by atoms with Crippen LogP contribution < -0.4 is 0 Å². The molecule has 1 atom stereocenters. The third-order valence-electron chi connectivity index (χ3n) is 1.89. The fourth-order valence-corrected chi connectivity index (χ4v) is 2.18. The number of aliphatic hydroxyl groups is 1. The zero-order chi connectivity index (χ0) is 11.6. The van der Waals surface area contributed by atoms with Gasteiger partial charge in [-0.15, -0.1) is 0 Å². The molecule has 0 aliphatic carbocycles. The molecule has 0 radical (unpaired) electrons. The second-order valence-corrected chi connectivity index (χ2v) is 4.66. The van der Waals surface area contributed by atoms with Crippen LogP contribution >= 0.6 is 11.8 Å². The number of hydrogen-bond donors (Lipinski definition) is 1. The monoisotopic (exact) mass is 231 g/mol. The standard InChI is InChI=1S/C8H13N3O3S/c1-5(4-12)15-8-7(11(13)14)6(2)9-10(8)3/h5,12H,4H2,1-3H3. The van der Waals surface area contributed by atoms with E-state index in [0.717, 1.165) is 0 Å². The molecule has 6 nitrogen and oxygen atoms in total. The van der Waals surface area contributed by atoms with Gasteiger partial charge in [0.15, 0.2) is 5.03 Å². The fraction of sp³-hybridized carbons (Fsp3) is 0.625. The molecular formula is C8H13N3O3S. The fourth-order valence-electron chi connectivity index (χ4n) is 1.20. The van der Waals surface area contributed by atoms with Crippen LogP contribution in [0.3, 0.4) is 0 Å². The summed E-state index contributed by atoms with van der Waals surface area (Å²) in [6.07, 6.45) is 0. The first-order valence-electron chi connectivity index (χ1n) is 4.42. The Hall–Kier alpha value is -1.08. The molecule has 0 bridgehead atoms. The molecule has 15 heavy (non-hydrogen) atoms. The number of nitrogens with zero attached hydrogens (tertiary/aromatic N) is 3. The van der Waals surface area contributed by atoms with Gasteiger partial charge in [0, 0.05) is 12.3 Å². The van der Waals surface area contributed by atoms with E-state index >= 15 is 0 Å². The van der Waals surface area contributed by atoms with Gasteiger partial charge in [-0.25, -0.2) is 0 Å². The van der Waals surface area contributed by atoms with Gasteiger partial charge < -0.3 is 5.11 Å². The Morgan fingerprint density at radius 1 is 1.73 bits per heavy atom. The van der Waals surface area contributed by atoms with E-state index in [1.807, 2.05) is 0 Å². The van der Waals surface area contributed by atoms with Gasteiger partial charge in [-0.05, 0) is 6.92 Å². The Morgan fingerprint density at radius 3 is 2.80 bits per heavy atom. The Kier molecular flexibility index (Phi) is 3.70. The van der Waals surface area contributed by atoms with Crippen LogP contribution in [0.1, 0.15) is 12.6 Å². The first-order valence-corrected chi connectivity index (χ1v) is 5.30. The first kappa shape index (κ1) is 12.0. The summed E-state index contributed by atoms with van der Waals surface area (Å²) in [5.74, 6) is 0. The number of aromatic nitrogens is 2. The van der Waals surface area contributed by atoms with Crippen molar-refractivity contribution in [1.29, 1.82) is 0 Å². The predicted octanol–water partition coefficient (Wildman–Crippen LogP) is 1.11. The van der Waals surface area contributed by atoms with Crippen LogP contribution in [-0.4, -0.2) is 31.7 Å². The molecule has 1 heterocycles. The maximum absolute atomic E-state index is 10.8. The van der Waals surface area contributed by atoms with Crippen LogP contribution in [-0.2, 0) is 7.05 Å². The number of hydrogen-bond acceptors (Lipinski definition) is 5. The highest BCUT2D eigenvalue weighted by atomic mass is 32.2. The summed E-state index contributed by atoms with van der Waals surface area (Å²) in [4.78, 5) is 10.4. The second-order valence-electron chi connectivity index (χ2n) is 3.23. The SMILES string of the molecule is Cc1nn(C)c(SC(C)CO)c1[N+](=O)[O-]. The number of thioether (sulfide) groups is 1. The van der Waals surface area contributed by atoms with Gasteiger partial charge in [-0.2, -0.15) is 5.10 Å². The Labute approximate surface area is 91.4 Å². The van der Waals surface area contributed by atoms with Crippen molar-refractivity contribution in [3.8, 4) is 0 Å². The summed E-state index contributed by atoms with van der Waals surface area (Å²) in [5.41, 5.74) is 0.429. The zero-order valence-electron chi connectivity index (χ0n) is 8.80. The third-order valence-corrected chi connectivity index (χ3v) is 3.12. The lowest BCUT2D eigenvalue weighted by atomic mass is 10.4. The van der Waals surface area contributed by atoms with Gasteiger partial charge in [0.1, 0.15) is 5.69 Å². The van der Waals surface area contributed by atoms with Crippen LogP contribution in [0.5, 0.6) is 0 Å². The molecule has 0 amide bonds. The topological polar surface area (TPSA) is 81.2 Å². The van der Waals surface area contributed by atoms with Crippen LogP contribution in [0, 0.1) is 17.0 Å². The average Bonchev–Trinajstić information content (AvgIpc) is 2.41. The van der Waals surface area contributed by atoms with E-state index in [1.54, 1.807) is 20.9 Å². The Bertz CT molecular complexity index is 377. The molecule has 1 unspecified atom stereocenters. The van der Waals surface area contributed by atoms with Crippen molar-refractivity contribution in [2.24, 2.45) is 7.05 Å². The highest BCUT2D eigenvalue weighted by molar-refractivity contribution is 8.00. The van der Waals surface area contributed by atoms with Crippen molar-refractivity contribution >= 4 is 17.4 Å². The van der Waals surface area contributed by atoms with E-state index in [9.17, 15) is 10.1 Å². The minimum absolute atomic E-state index is 0.0218. The molecule has 0 aliphatic rings. The van der Waals surface area contributed by atoms with E-state index in [2.05, 4.69) is 5.10 Å². The lowest BCUT2D eigenvalue weighted by Gasteiger charge is -2.06. The number of aryl methyl sites for hydroxylation is 2. The minimum atomic E-state index is -0.436. The lowest BCUT2D eigenvalue weighted by Crippen LogP contribution is -2.05. The number of nitro groups is 1. The van der Waals surface area contributed by atoms with Crippen molar-refractivity contribution in [1.82, 2.24) is 9.78 Å². The van der Waals surface area contributed by atoms with Crippen LogP contribution in [0.15, 0.2) is 5.03 Å². The van der Waals surface area contributed by atoms with Gasteiger partial charge in [-0.3, -0.25) is 14.8 Å². The van der Waals surface area contributed by atoms with Crippen molar-refractivity contribution in [2.75, 3.05) is 6.61 Å². The zero-order valence-corrected chi connectivity index (χ0v) is 9.61. The molecule has 0 saturated heterocycles. The normalized spacial score (nSPS) is 12.8. The van der Waals surface area contributed by atoms with E-state index in [1.165, 1.54) is 16.4 Å². The molecule has 0 aliphatic heterocycles. The third kappa shape index (κ3) is 2.48. The van der Waals surface area contributed by atoms with Crippen molar-refractivity contribution in [3.05, 3.63) is 15.8 Å². The first-order chi connectivity index (χ1) is 6.97.